The van der Waals surface area contributed by atoms with E-state index in [4.69, 9.17) is 13.7 Å². The Bertz CT molecular complexity index is 536. The molecule has 0 saturated heterocycles. The third kappa shape index (κ3) is 5.03. The normalized spacial score (nSPS) is 10.7. The van der Waals surface area contributed by atoms with Crippen molar-refractivity contribution in [3.63, 3.8) is 0 Å². The topological polar surface area (TPSA) is 90.4 Å². The number of carbonyl (C=O) groups is 1. The summed E-state index contributed by atoms with van der Waals surface area (Å²) >= 11 is 0. The van der Waals surface area contributed by atoms with Crippen LogP contribution in [0.15, 0.2) is 27.3 Å². The summed E-state index contributed by atoms with van der Waals surface area (Å²) in [5.74, 6) is 1.33. The molecule has 0 aromatic carbocycles. The molecule has 2 rings (SSSR count). The van der Waals surface area contributed by atoms with Gasteiger partial charge < -0.3 is 19.0 Å². The number of ether oxygens (including phenoxy) is 1. The highest BCUT2D eigenvalue weighted by atomic mass is 16.5. The first-order valence-electron chi connectivity index (χ1n) is 7.00. The van der Waals surface area contributed by atoms with E-state index in [1.54, 1.807) is 18.4 Å². The fourth-order valence-electron chi connectivity index (χ4n) is 1.72. The van der Waals surface area contributed by atoms with Gasteiger partial charge in [-0.2, -0.15) is 4.98 Å². The molecule has 21 heavy (non-hydrogen) atoms. The Morgan fingerprint density at radius 1 is 1.48 bits per heavy atom. The number of nitrogens with one attached hydrogen (secondary N) is 1. The fraction of sp³-hybridized carbons (Fsp3) is 0.500. The number of amides is 1. The zero-order chi connectivity index (χ0) is 14.9. The number of aryl methyl sites for hydroxylation is 1. The predicted octanol–water partition coefficient (Wildman–Crippen LogP) is 1.81. The second kappa shape index (κ2) is 8.21. The molecule has 1 amide bonds. The molecule has 0 atom stereocenters. The molecule has 2 aromatic heterocycles. The predicted molar refractivity (Wildman–Crippen MR) is 74.4 cm³/mol. The van der Waals surface area contributed by atoms with Gasteiger partial charge in [0.1, 0.15) is 0 Å². The molecule has 2 aromatic rings. The third-order valence-corrected chi connectivity index (χ3v) is 2.77. The second-order valence-electron chi connectivity index (χ2n) is 4.39. The van der Waals surface area contributed by atoms with Crippen LogP contribution in [0.2, 0.25) is 0 Å². The Morgan fingerprint density at radius 2 is 2.38 bits per heavy atom. The van der Waals surface area contributed by atoms with Crippen LogP contribution in [0.25, 0.3) is 11.6 Å². The van der Waals surface area contributed by atoms with E-state index < -0.39 is 0 Å². The maximum Gasteiger partial charge on any atom is 0.238 e. The minimum absolute atomic E-state index is 0.0377. The second-order valence-corrected chi connectivity index (χ2v) is 4.39. The fourth-order valence-corrected chi connectivity index (χ4v) is 1.72. The molecule has 0 unspecified atom stereocenters. The van der Waals surface area contributed by atoms with Crippen LogP contribution in [0, 0.1) is 0 Å². The van der Waals surface area contributed by atoms with Gasteiger partial charge in [0.2, 0.25) is 17.6 Å². The molecule has 0 aliphatic carbocycles. The molecule has 0 fully saturated rings. The highest BCUT2D eigenvalue weighted by Crippen LogP contribution is 2.16. The van der Waals surface area contributed by atoms with Crippen LogP contribution in [0.5, 0.6) is 0 Å². The molecule has 0 aliphatic rings. The minimum Gasteiger partial charge on any atom is -0.461 e. The Balaban J connectivity index is 1.67. The standard InChI is InChI=1S/C14H19N3O4/c1-2-19-9-4-8-15-12(18)6-7-13-16-14(17-21-13)11-5-3-10-20-11/h3,5,10H,2,4,6-9H2,1H3,(H,15,18). The van der Waals surface area contributed by atoms with Gasteiger partial charge in [-0.05, 0) is 25.5 Å². The van der Waals surface area contributed by atoms with Crippen molar-refractivity contribution in [2.45, 2.75) is 26.2 Å². The molecule has 0 saturated carbocycles. The first kappa shape index (κ1) is 15.2. The maximum absolute atomic E-state index is 11.6. The van der Waals surface area contributed by atoms with Crippen LogP contribution in [0.3, 0.4) is 0 Å². The van der Waals surface area contributed by atoms with E-state index in [0.29, 0.717) is 50.1 Å². The zero-order valence-corrected chi connectivity index (χ0v) is 12.0. The van der Waals surface area contributed by atoms with Gasteiger partial charge in [0, 0.05) is 32.6 Å². The highest BCUT2D eigenvalue weighted by Gasteiger charge is 2.12. The average Bonchev–Trinajstić information content (AvgIpc) is 3.15. The summed E-state index contributed by atoms with van der Waals surface area (Å²) in [6, 6.07) is 3.50. The van der Waals surface area contributed by atoms with Gasteiger partial charge in [0.05, 0.1) is 6.26 Å². The number of rotatable bonds is 9. The Morgan fingerprint density at radius 3 is 3.14 bits per heavy atom. The highest BCUT2D eigenvalue weighted by molar-refractivity contribution is 5.75. The summed E-state index contributed by atoms with van der Waals surface area (Å²) in [6.07, 6.45) is 3.07. The van der Waals surface area contributed by atoms with Crippen LogP contribution in [0.4, 0.5) is 0 Å². The van der Waals surface area contributed by atoms with Crippen molar-refractivity contribution in [1.29, 1.82) is 0 Å². The summed E-state index contributed by atoms with van der Waals surface area (Å²) in [4.78, 5) is 15.8. The summed E-state index contributed by atoms with van der Waals surface area (Å²) in [5, 5.41) is 6.62. The molecule has 2 heterocycles. The SMILES string of the molecule is CCOCCCNC(=O)CCc1nc(-c2ccco2)no1. The molecule has 0 aliphatic heterocycles. The van der Waals surface area contributed by atoms with E-state index in [1.807, 2.05) is 6.92 Å². The summed E-state index contributed by atoms with van der Waals surface area (Å²) in [7, 11) is 0. The van der Waals surface area contributed by atoms with Gasteiger partial charge in [0.25, 0.3) is 0 Å². The largest absolute Gasteiger partial charge is 0.461 e. The lowest BCUT2D eigenvalue weighted by atomic mass is 10.3. The summed E-state index contributed by atoms with van der Waals surface area (Å²) < 4.78 is 15.4. The molecule has 0 spiro atoms. The minimum atomic E-state index is -0.0377. The summed E-state index contributed by atoms with van der Waals surface area (Å²) in [6.45, 7) is 3.91. The zero-order valence-electron chi connectivity index (χ0n) is 12.0. The quantitative estimate of drug-likeness (QED) is 0.709. The van der Waals surface area contributed by atoms with E-state index >= 15 is 0 Å². The average molecular weight is 293 g/mol. The number of furan rings is 1. The van der Waals surface area contributed by atoms with Crippen molar-refractivity contribution in [2.24, 2.45) is 0 Å². The van der Waals surface area contributed by atoms with E-state index in [-0.39, 0.29) is 5.91 Å². The van der Waals surface area contributed by atoms with Crippen LogP contribution in [-0.4, -0.2) is 35.8 Å². The van der Waals surface area contributed by atoms with E-state index in [1.165, 1.54) is 0 Å². The molecular weight excluding hydrogens is 274 g/mol. The first-order valence-corrected chi connectivity index (χ1v) is 7.00. The molecule has 114 valence electrons. The van der Waals surface area contributed by atoms with Gasteiger partial charge in [-0.25, -0.2) is 0 Å². The first-order chi connectivity index (χ1) is 10.3. The Hall–Kier alpha value is -2.15. The molecule has 7 nitrogen and oxygen atoms in total. The lowest BCUT2D eigenvalue weighted by Crippen LogP contribution is -2.25. The lowest BCUT2D eigenvalue weighted by Gasteiger charge is -2.04. The molecule has 7 heteroatoms. The number of nitrogens with zero attached hydrogens (tertiary/aromatic N) is 2. The van der Waals surface area contributed by atoms with Crippen LogP contribution >= 0.6 is 0 Å². The number of carbonyl (C=O) groups excluding carboxylic acids is 1. The lowest BCUT2D eigenvalue weighted by molar-refractivity contribution is -0.121. The summed E-state index contributed by atoms with van der Waals surface area (Å²) in [5.41, 5.74) is 0. The van der Waals surface area contributed by atoms with Crippen LogP contribution in [-0.2, 0) is 16.0 Å². The van der Waals surface area contributed by atoms with Crippen molar-refractivity contribution in [1.82, 2.24) is 15.5 Å². The number of hydrogen-bond acceptors (Lipinski definition) is 6. The van der Waals surface area contributed by atoms with Crippen molar-refractivity contribution in [3.05, 3.63) is 24.3 Å². The Labute approximate surface area is 122 Å². The van der Waals surface area contributed by atoms with Gasteiger partial charge in [0.15, 0.2) is 5.76 Å². The molecule has 1 N–H and O–H groups in total. The maximum atomic E-state index is 11.6. The molecular formula is C14H19N3O4. The van der Waals surface area contributed by atoms with E-state index in [9.17, 15) is 4.79 Å². The van der Waals surface area contributed by atoms with Crippen molar-refractivity contribution in [2.75, 3.05) is 19.8 Å². The van der Waals surface area contributed by atoms with Gasteiger partial charge in [-0.3, -0.25) is 4.79 Å². The van der Waals surface area contributed by atoms with Crippen LogP contribution in [0.1, 0.15) is 25.7 Å². The molecule has 0 bridgehead atoms. The van der Waals surface area contributed by atoms with Gasteiger partial charge in [-0.15, -0.1) is 0 Å². The Kier molecular flexibility index (Phi) is 5.96. The smallest absolute Gasteiger partial charge is 0.238 e. The van der Waals surface area contributed by atoms with Gasteiger partial charge >= 0.3 is 0 Å². The van der Waals surface area contributed by atoms with Crippen molar-refractivity contribution in [3.8, 4) is 11.6 Å². The number of aromatic nitrogens is 2. The van der Waals surface area contributed by atoms with Gasteiger partial charge in [-0.1, -0.05) is 5.16 Å². The third-order valence-electron chi connectivity index (χ3n) is 2.77. The monoisotopic (exact) mass is 293 g/mol. The number of hydrogen-bond donors (Lipinski definition) is 1. The van der Waals surface area contributed by atoms with E-state index in [0.717, 1.165) is 6.42 Å². The van der Waals surface area contributed by atoms with E-state index in [2.05, 4.69) is 15.5 Å². The van der Waals surface area contributed by atoms with Crippen molar-refractivity contribution >= 4 is 5.91 Å². The van der Waals surface area contributed by atoms with Crippen LogP contribution < -0.4 is 5.32 Å². The molecule has 0 radical (unpaired) electrons. The van der Waals surface area contributed by atoms with Crippen molar-refractivity contribution < 1.29 is 18.5 Å².